The maximum Gasteiger partial charge on any atom is 0.274 e. The topological polar surface area (TPSA) is 58.0 Å². The molecule has 0 spiro atoms. The van der Waals surface area contributed by atoms with Crippen LogP contribution in [0.15, 0.2) is 29.1 Å². The number of aliphatic hydroxyl groups excluding tert-OH is 1. The quantitative estimate of drug-likeness (QED) is 0.873. The summed E-state index contributed by atoms with van der Waals surface area (Å²) >= 11 is 5.79. The van der Waals surface area contributed by atoms with Crippen molar-refractivity contribution in [1.29, 1.82) is 0 Å². The normalized spacial score (nSPS) is 10.8. The number of nitrogens with zero attached hydrogens (tertiary/aromatic N) is 1. The third-order valence-electron chi connectivity index (χ3n) is 2.64. The molecule has 0 amide bonds. The molecular weight excluding hydrogens is 240 g/mol. The van der Waals surface area contributed by atoms with E-state index in [1.165, 1.54) is 4.68 Å². The lowest BCUT2D eigenvalue weighted by Gasteiger charge is -2.00. The van der Waals surface area contributed by atoms with Crippen LogP contribution in [0.5, 0.6) is 0 Å². The Kier molecular flexibility index (Phi) is 3.36. The molecule has 0 saturated carbocycles. The van der Waals surface area contributed by atoms with Gasteiger partial charge in [-0.15, -0.1) is 0 Å². The molecule has 0 aliphatic carbocycles. The third kappa shape index (κ3) is 2.28. The lowest BCUT2D eigenvalue weighted by molar-refractivity contribution is 0.299. The average Bonchev–Trinajstić information content (AvgIpc) is 2.59. The van der Waals surface area contributed by atoms with Crippen LogP contribution in [0, 0.1) is 6.92 Å². The molecule has 0 bridgehead atoms. The van der Waals surface area contributed by atoms with Crippen molar-refractivity contribution in [2.75, 3.05) is 6.61 Å². The van der Waals surface area contributed by atoms with Crippen LogP contribution < -0.4 is 5.56 Å². The van der Waals surface area contributed by atoms with Crippen molar-refractivity contribution in [1.82, 2.24) is 9.78 Å². The third-order valence-corrected chi connectivity index (χ3v) is 2.89. The maximum absolute atomic E-state index is 12.1. The molecule has 0 unspecified atom stereocenters. The minimum atomic E-state index is -0.126. The molecule has 90 valence electrons. The number of aryl methyl sites for hydroxylation is 1. The lowest BCUT2D eigenvalue weighted by atomic mass is 10.2. The van der Waals surface area contributed by atoms with Crippen molar-refractivity contribution in [2.45, 2.75) is 13.3 Å². The van der Waals surface area contributed by atoms with Crippen LogP contribution in [-0.2, 0) is 6.42 Å². The van der Waals surface area contributed by atoms with E-state index < -0.39 is 0 Å². The fraction of sp³-hybridized carbons (Fsp3) is 0.250. The Morgan fingerprint density at radius 1 is 1.35 bits per heavy atom. The van der Waals surface area contributed by atoms with Gasteiger partial charge in [-0.2, -0.15) is 0 Å². The number of nitrogens with one attached hydrogen (secondary N) is 1. The molecule has 1 aromatic heterocycles. The standard InChI is InChI=1S/C12H13ClN2O2/c1-8-11(6-7-16)12(17)15(14-8)10-4-2-9(13)3-5-10/h2-5,14,16H,6-7H2,1H3. The van der Waals surface area contributed by atoms with Gasteiger partial charge in [-0.3, -0.25) is 9.89 Å². The molecule has 0 saturated heterocycles. The Hall–Kier alpha value is -1.52. The van der Waals surface area contributed by atoms with Crippen molar-refractivity contribution in [3.63, 3.8) is 0 Å². The van der Waals surface area contributed by atoms with Crippen LogP contribution in [0.4, 0.5) is 0 Å². The first-order valence-electron chi connectivity index (χ1n) is 5.31. The van der Waals surface area contributed by atoms with Crippen molar-refractivity contribution in [2.24, 2.45) is 0 Å². The molecule has 17 heavy (non-hydrogen) atoms. The number of aromatic amines is 1. The summed E-state index contributed by atoms with van der Waals surface area (Å²) in [4.78, 5) is 12.1. The van der Waals surface area contributed by atoms with E-state index in [0.717, 1.165) is 11.4 Å². The van der Waals surface area contributed by atoms with Gasteiger partial charge in [-0.25, -0.2) is 4.68 Å². The summed E-state index contributed by atoms with van der Waals surface area (Å²) in [6.45, 7) is 1.79. The minimum Gasteiger partial charge on any atom is -0.396 e. The van der Waals surface area contributed by atoms with Gasteiger partial charge in [0.2, 0.25) is 0 Å². The Morgan fingerprint density at radius 3 is 2.59 bits per heavy atom. The van der Waals surface area contributed by atoms with E-state index in [4.69, 9.17) is 16.7 Å². The van der Waals surface area contributed by atoms with Crippen molar-refractivity contribution >= 4 is 11.6 Å². The zero-order valence-corrected chi connectivity index (χ0v) is 10.2. The molecule has 5 heteroatoms. The first-order chi connectivity index (χ1) is 8.13. The van der Waals surface area contributed by atoms with Crippen LogP contribution in [0.2, 0.25) is 5.02 Å². The van der Waals surface area contributed by atoms with Crippen LogP contribution in [0.25, 0.3) is 5.69 Å². The molecule has 2 aromatic rings. The molecule has 0 radical (unpaired) electrons. The summed E-state index contributed by atoms with van der Waals surface area (Å²) in [6, 6.07) is 6.99. The zero-order chi connectivity index (χ0) is 12.4. The Labute approximate surface area is 103 Å². The number of rotatable bonds is 3. The molecule has 2 N–H and O–H groups in total. The number of hydrogen-bond donors (Lipinski definition) is 2. The van der Waals surface area contributed by atoms with E-state index in [1.807, 2.05) is 6.92 Å². The highest BCUT2D eigenvalue weighted by Crippen LogP contribution is 2.12. The summed E-state index contributed by atoms with van der Waals surface area (Å²) in [5.74, 6) is 0. The minimum absolute atomic E-state index is 0.0332. The van der Waals surface area contributed by atoms with E-state index in [2.05, 4.69) is 5.10 Å². The van der Waals surface area contributed by atoms with Gasteiger partial charge in [0.25, 0.3) is 5.56 Å². The molecule has 0 atom stereocenters. The second-order valence-electron chi connectivity index (χ2n) is 3.81. The number of aliphatic hydroxyl groups is 1. The fourth-order valence-electron chi connectivity index (χ4n) is 1.76. The highest BCUT2D eigenvalue weighted by atomic mass is 35.5. The van der Waals surface area contributed by atoms with Crippen LogP contribution in [0.1, 0.15) is 11.3 Å². The van der Waals surface area contributed by atoms with E-state index in [0.29, 0.717) is 17.0 Å². The maximum atomic E-state index is 12.1. The van der Waals surface area contributed by atoms with Crippen molar-refractivity contribution in [3.05, 3.63) is 50.9 Å². The number of halogens is 1. The number of H-pyrrole nitrogens is 1. The second-order valence-corrected chi connectivity index (χ2v) is 4.24. The monoisotopic (exact) mass is 252 g/mol. The molecule has 0 fully saturated rings. The van der Waals surface area contributed by atoms with Crippen LogP contribution in [0.3, 0.4) is 0 Å². The predicted octanol–water partition coefficient (Wildman–Crippen LogP) is 1.66. The van der Waals surface area contributed by atoms with Gasteiger partial charge in [-0.05, 0) is 31.2 Å². The second kappa shape index (κ2) is 4.77. The summed E-state index contributed by atoms with van der Waals surface area (Å²) in [5, 5.41) is 12.5. The van der Waals surface area contributed by atoms with Crippen LogP contribution in [-0.4, -0.2) is 21.5 Å². The average molecular weight is 253 g/mol. The SMILES string of the molecule is Cc1[nH]n(-c2ccc(Cl)cc2)c(=O)c1CCO. The lowest BCUT2D eigenvalue weighted by Crippen LogP contribution is -2.17. The highest BCUT2D eigenvalue weighted by Gasteiger charge is 2.11. The molecule has 0 aliphatic rings. The summed E-state index contributed by atoms with van der Waals surface area (Å²) in [6.07, 6.45) is 0.363. The zero-order valence-electron chi connectivity index (χ0n) is 9.40. The van der Waals surface area contributed by atoms with Gasteiger partial charge in [-0.1, -0.05) is 11.6 Å². The Morgan fingerprint density at radius 2 is 2.00 bits per heavy atom. The van der Waals surface area contributed by atoms with Gasteiger partial charge in [0, 0.05) is 29.3 Å². The van der Waals surface area contributed by atoms with Crippen LogP contribution >= 0.6 is 11.6 Å². The summed E-state index contributed by atoms with van der Waals surface area (Å²) < 4.78 is 1.46. The first kappa shape index (κ1) is 12.0. The highest BCUT2D eigenvalue weighted by molar-refractivity contribution is 6.30. The molecule has 4 nitrogen and oxygen atoms in total. The van der Waals surface area contributed by atoms with E-state index in [-0.39, 0.29) is 12.2 Å². The van der Waals surface area contributed by atoms with E-state index >= 15 is 0 Å². The largest absolute Gasteiger partial charge is 0.396 e. The smallest absolute Gasteiger partial charge is 0.274 e. The summed E-state index contributed by atoms with van der Waals surface area (Å²) in [5.41, 5.74) is 1.99. The first-order valence-corrected chi connectivity index (χ1v) is 5.68. The Bertz CT molecular complexity index is 569. The van der Waals surface area contributed by atoms with Crippen molar-refractivity contribution < 1.29 is 5.11 Å². The van der Waals surface area contributed by atoms with Gasteiger partial charge < -0.3 is 5.11 Å². The molecule has 2 rings (SSSR count). The predicted molar refractivity (Wildman–Crippen MR) is 66.9 cm³/mol. The van der Waals surface area contributed by atoms with Gasteiger partial charge >= 0.3 is 0 Å². The van der Waals surface area contributed by atoms with E-state index in [9.17, 15) is 4.79 Å². The fourth-order valence-corrected chi connectivity index (χ4v) is 1.89. The van der Waals surface area contributed by atoms with Gasteiger partial charge in [0.15, 0.2) is 0 Å². The summed E-state index contributed by atoms with van der Waals surface area (Å²) in [7, 11) is 0. The van der Waals surface area contributed by atoms with E-state index in [1.54, 1.807) is 24.3 Å². The van der Waals surface area contributed by atoms with Gasteiger partial charge in [0.1, 0.15) is 0 Å². The van der Waals surface area contributed by atoms with Gasteiger partial charge in [0.05, 0.1) is 5.69 Å². The number of aromatic nitrogens is 2. The van der Waals surface area contributed by atoms with Crippen molar-refractivity contribution in [3.8, 4) is 5.69 Å². The molecule has 1 heterocycles. The number of benzene rings is 1. The molecule has 1 aromatic carbocycles. The Balaban J connectivity index is 2.50. The molecular formula is C12H13ClN2O2. The number of hydrogen-bond acceptors (Lipinski definition) is 2. The molecule has 0 aliphatic heterocycles.